The van der Waals surface area contributed by atoms with Crippen molar-refractivity contribution >= 4 is 29.4 Å². The van der Waals surface area contributed by atoms with E-state index in [4.69, 9.17) is 11.6 Å². The molecule has 7 heteroatoms. The molecule has 0 unspecified atom stereocenters. The third kappa shape index (κ3) is 6.73. The molecule has 3 N–H and O–H groups in total. The molecule has 25 heavy (non-hydrogen) atoms. The van der Waals surface area contributed by atoms with Crippen LogP contribution in [-0.2, 0) is 17.7 Å². The average Bonchev–Trinajstić information content (AvgIpc) is 2.62. The number of halogens is 1. The van der Waals surface area contributed by atoms with Gasteiger partial charge in [-0.3, -0.25) is 5.32 Å². The maximum atomic E-state index is 11.8. The fraction of sp³-hybridized carbons (Fsp3) is 0.222. The van der Waals surface area contributed by atoms with E-state index in [1.54, 1.807) is 12.1 Å². The van der Waals surface area contributed by atoms with Gasteiger partial charge >= 0.3 is 12.1 Å². The Morgan fingerprint density at radius 1 is 0.960 bits per heavy atom. The van der Waals surface area contributed by atoms with E-state index in [0.717, 1.165) is 17.5 Å². The zero-order valence-electron chi connectivity index (χ0n) is 13.8. The predicted octanol–water partition coefficient (Wildman–Crippen LogP) is 3.56. The Kier molecular flexibility index (Phi) is 7.10. The van der Waals surface area contributed by atoms with Gasteiger partial charge in [-0.15, -0.1) is 0 Å². The summed E-state index contributed by atoms with van der Waals surface area (Å²) in [6.07, 6.45) is 0.212. The summed E-state index contributed by atoms with van der Waals surface area (Å²) >= 11 is 5.83. The Balaban J connectivity index is 1.69. The molecule has 0 saturated heterocycles. The summed E-state index contributed by atoms with van der Waals surface area (Å²) in [4.78, 5) is 22.9. The minimum Gasteiger partial charge on any atom is -0.453 e. The molecule has 0 heterocycles. The highest BCUT2D eigenvalue weighted by molar-refractivity contribution is 6.30. The van der Waals surface area contributed by atoms with E-state index in [0.29, 0.717) is 23.8 Å². The maximum Gasteiger partial charge on any atom is 0.411 e. The molecule has 0 radical (unpaired) electrons. The smallest absolute Gasteiger partial charge is 0.411 e. The number of amides is 3. The third-order valence-electron chi connectivity index (χ3n) is 3.45. The molecule has 0 atom stereocenters. The SMILES string of the molecule is COC(=O)Nc1ccc(CNC(=O)NCCc2ccc(Cl)cc2)cc1. The van der Waals surface area contributed by atoms with Gasteiger partial charge in [0.15, 0.2) is 0 Å². The highest BCUT2D eigenvalue weighted by Crippen LogP contribution is 2.10. The van der Waals surface area contributed by atoms with Crippen LogP contribution in [0.4, 0.5) is 15.3 Å². The van der Waals surface area contributed by atoms with Gasteiger partial charge in [-0.1, -0.05) is 35.9 Å². The van der Waals surface area contributed by atoms with Gasteiger partial charge in [0.05, 0.1) is 7.11 Å². The Labute approximate surface area is 151 Å². The molecule has 0 aliphatic rings. The lowest BCUT2D eigenvalue weighted by Gasteiger charge is -2.09. The van der Waals surface area contributed by atoms with Gasteiger partial charge in [-0.25, -0.2) is 9.59 Å². The molecule has 0 fully saturated rings. The summed E-state index contributed by atoms with van der Waals surface area (Å²) in [7, 11) is 1.30. The van der Waals surface area contributed by atoms with E-state index >= 15 is 0 Å². The lowest BCUT2D eigenvalue weighted by Crippen LogP contribution is -2.36. The summed E-state index contributed by atoms with van der Waals surface area (Å²) < 4.78 is 4.52. The molecule has 2 rings (SSSR count). The summed E-state index contributed by atoms with van der Waals surface area (Å²) in [5, 5.41) is 8.85. The standard InChI is InChI=1S/C18H20ClN3O3/c1-25-18(24)22-16-8-4-14(5-9-16)12-21-17(23)20-11-10-13-2-6-15(19)7-3-13/h2-9H,10-12H2,1H3,(H,22,24)(H2,20,21,23). The van der Waals surface area contributed by atoms with Gasteiger partial charge in [0.1, 0.15) is 0 Å². The van der Waals surface area contributed by atoms with Crippen molar-refractivity contribution in [2.24, 2.45) is 0 Å². The van der Waals surface area contributed by atoms with Gasteiger partial charge in [-0.2, -0.15) is 0 Å². The largest absolute Gasteiger partial charge is 0.453 e. The zero-order chi connectivity index (χ0) is 18.1. The van der Waals surface area contributed by atoms with E-state index in [1.165, 1.54) is 7.11 Å². The van der Waals surface area contributed by atoms with Crippen LogP contribution in [0.1, 0.15) is 11.1 Å². The first-order valence-corrected chi connectivity index (χ1v) is 8.14. The van der Waals surface area contributed by atoms with Gasteiger partial charge in [0, 0.05) is 23.8 Å². The second kappa shape index (κ2) is 9.54. The average molecular weight is 362 g/mol. The zero-order valence-corrected chi connectivity index (χ0v) is 14.6. The van der Waals surface area contributed by atoms with Crippen molar-refractivity contribution in [3.8, 4) is 0 Å². The molecular weight excluding hydrogens is 342 g/mol. The van der Waals surface area contributed by atoms with E-state index in [9.17, 15) is 9.59 Å². The van der Waals surface area contributed by atoms with Crippen LogP contribution in [0.15, 0.2) is 48.5 Å². The minimum atomic E-state index is -0.522. The molecule has 2 aromatic rings. The molecule has 0 aliphatic heterocycles. The third-order valence-corrected chi connectivity index (χ3v) is 3.70. The lowest BCUT2D eigenvalue weighted by atomic mass is 10.1. The van der Waals surface area contributed by atoms with Crippen molar-refractivity contribution < 1.29 is 14.3 Å². The van der Waals surface area contributed by atoms with Crippen molar-refractivity contribution in [2.45, 2.75) is 13.0 Å². The molecule has 6 nitrogen and oxygen atoms in total. The van der Waals surface area contributed by atoms with E-state index in [1.807, 2.05) is 36.4 Å². The second-order valence-corrected chi connectivity index (χ2v) is 5.74. The van der Waals surface area contributed by atoms with Gasteiger partial charge in [0.2, 0.25) is 0 Å². The van der Waals surface area contributed by atoms with Crippen molar-refractivity contribution in [3.05, 3.63) is 64.7 Å². The normalized spacial score (nSPS) is 10.0. The molecule has 0 aliphatic carbocycles. The monoisotopic (exact) mass is 361 g/mol. The van der Waals surface area contributed by atoms with Crippen LogP contribution in [0.3, 0.4) is 0 Å². The Bertz CT molecular complexity index is 703. The number of ether oxygens (including phenoxy) is 1. The molecule has 2 aromatic carbocycles. The Morgan fingerprint density at radius 3 is 2.24 bits per heavy atom. The first kappa shape index (κ1) is 18.6. The summed E-state index contributed by atoms with van der Waals surface area (Å²) in [6.45, 7) is 0.931. The van der Waals surface area contributed by atoms with Crippen LogP contribution in [0, 0.1) is 0 Å². The Hall–Kier alpha value is -2.73. The molecule has 0 spiro atoms. The molecule has 132 valence electrons. The number of benzene rings is 2. The molecule has 0 aromatic heterocycles. The van der Waals surface area contributed by atoms with Gasteiger partial charge < -0.3 is 15.4 Å². The van der Waals surface area contributed by atoms with Crippen LogP contribution >= 0.6 is 11.6 Å². The number of rotatable bonds is 6. The van der Waals surface area contributed by atoms with E-state index in [2.05, 4.69) is 20.7 Å². The number of urea groups is 1. The summed E-state index contributed by atoms with van der Waals surface area (Å²) in [5.41, 5.74) is 2.66. The van der Waals surface area contributed by atoms with Crippen LogP contribution < -0.4 is 16.0 Å². The lowest BCUT2D eigenvalue weighted by molar-refractivity contribution is 0.187. The van der Waals surface area contributed by atoms with Crippen molar-refractivity contribution in [3.63, 3.8) is 0 Å². The number of hydrogen-bond acceptors (Lipinski definition) is 3. The van der Waals surface area contributed by atoms with Crippen LogP contribution in [-0.4, -0.2) is 25.8 Å². The minimum absolute atomic E-state index is 0.231. The predicted molar refractivity (Wildman–Crippen MR) is 97.9 cm³/mol. The number of anilines is 1. The second-order valence-electron chi connectivity index (χ2n) is 5.30. The fourth-order valence-corrected chi connectivity index (χ4v) is 2.22. The summed E-state index contributed by atoms with van der Waals surface area (Å²) in [5.74, 6) is 0. The highest BCUT2D eigenvalue weighted by atomic mass is 35.5. The van der Waals surface area contributed by atoms with Crippen molar-refractivity contribution in [2.75, 3.05) is 19.0 Å². The summed E-state index contributed by atoms with van der Waals surface area (Å²) in [6, 6.07) is 14.4. The maximum absolute atomic E-state index is 11.8. The number of carbonyl (C=O) groups excluding carboxylic acids is 2. The molecule has 0 bridgehead atoms. The van der Waals surface area contributed by atoms with Gasteiger partial charge in [0.25, 0.3) is 0 Å². The number of methoxy groups -OCH3 is 1. The first-order chi connectivity index (χ1) is 12.1. The van der Waals surface area contributed by atoms with Crippen molar-refractivity contribution in [1.29, 1.82) is 0 Å². The topological polar surface area (TPSA) is 79.5 Å². The van der Waals surface area contributed by atoms with Crippen LogP contribution in [0.5, 0.6) is 0 Å². The number of nitrogens with one attached hydrogen (secondary N) is 3. The van der Waals surface area contributed by atoms with Crippen molar-refractivity contribution in [1.82, 2.24) is 10.6 Å². The number of carbonyl (C=O) groups is 2. The number of hydrogen-bond donors (Lipinski definition) is 3. The Morgan fingerprint density at radius 2 is 1.60 bits per heavy atom. The molecular formula is C18H20ClN3O3. The highest BCUT2D eigenvalue weighted by Gasteiger charge is 2.03. The quantitative estimate of drug-likeness (QED) is 0.736. The molecule has 3 amide bonds. The first-order valence-electron chi connectivity index (χ1n) is 7.77. The van der Waals surface area contributed by atoms with Crippen LogP contribution in [0.25, 0.3) is 0 Å². The molecule has 0 saturated carbocycles. The van der Waals surface area contributed by atoms with E-state index < -0.39 is 6.09 Å². The fourth-order valence-electron chi connectivity index (χ4n) is 2.09. The van der Waals surface area contributed by atoms with Crippen LogP contribution in [0.2, 0.25) is 5.02 Å². The van der Waals surface area contributed by atoms with Gasteiger partial charge in [-0.05, 0) is 41.8 Å². The van der Waals surface area contributed by atoms with E-state index in [-0.39, 0.29) is 6.03 Å².